The number of carbonyl (C=O) groups is 1. The quantitative estimate of drug-likeness (QED) is 0.750. The van der Waals surface area contributed by atoms with E-state index in [1.807, 2.05) is 32.9 Å². The number of alkyl carbamates (subject to hydrolysis) is 1. The molecule has 0 spiro atoms. The topological polar surface area (TPSA) is 62.1 Å². The van der Waals surface area contributed by atoms with Crippen molar-refractivity contribution in [2.24, 2.45) is 5.92 Å². The molecule has 1 amide bonds. The van der Waals surface area contributed by atoms with Gasteiger partial charge in [-0.15, -0.1) is 0 Å². The van der Waals surface area contributed by atoms with Gasteiger partial charge in [0.25, 0.3) is 0 Å². The van der Waals surface area contributed by atoms with E-state index in [1.54, 1.807) is 0 Å². The summed E-state index contributed by atoms with van der Waals surface area (Å²) in [5.41, 5.74) is -0.456. The van der Waals surface area contributed by atoms with Crippen LogP contribution in [0.15, 0.2) is 12.2 Å². The van der Waals surface area contributed by atoms with Crippen LogP contribution in [0.25, 0.3) is 0 Å². The number of carbonyl (C=O) groups excluding carboxylic acids is 1. The van der Waals surface area contributed by atoms with E-state index in [9.17, 15) is 4.79 Å². The molecule has 2 unspecified atom stereocenters. The monoisotopic (exact) mass is 236 g/mol. The van der Waals surface area contributed by atoms with Crippen LogP contribution in [0.5, 0.6) is 0 Å². The van der Waals surface area contributed by atoms with Gasteiger partial charge in [-0.1, -0.05) is 6.08 Å². The molecule has 17 heavy (non-hydrogen) atoms. The minimum Gasteiger partial charge on any atom is -0.444 e. The van der Waals surface area contributed by atoms with Crippen LogP contribution in [-0.2, 0) is 4.74 Å². The molecule has 2 atom stereocenters. The highest BCUT2D eigenvalue weighted by atomic mass is 16.6. The molecule has 1 saturated carbocycles. The first-order valence-corrected chi connectivity index (χ1v) is 5.96. The standard InChI is InChI=1S/C13H20N2O2/c1-13(2,3)17-12(16)15-11-7-6-10(9-11)5-4-8-14/h4-5,10-11H,6-7,9H2,1-3H3,(H,15,16)/b5-4+. The first kappa shape index (κ1) is 13.6. The summed E-state index contributed by atoms with van der Waals surface area (Å²) < 4.78 is 5.20. The van der Waals surface area contributed by atoms with Gasteiger partial charge in [-0.3, -0.25) is 0 Å². The van der Waals surface area contributed by atoms with Crippen LogP contribution in [0.1, 0.15) is 40.0 Å². The highest BCUT2D eigenvalue weighted by molar-refractivity contribution is 5.68. The predicted molar refractivity (Wildman–Crippen MR) is 65.3 cm³/mol. The van der Waals surface area contributed by atoms with Gasteiger partial charge in [0, 0.05) is 12.1 Å². The first-order chi connectivity index (χ1) is 7.90. The molecule has 0 heterocycles. The van der Waals surface area contributed by atoms with E-state index in [4.69, 9.17) is 10.00 Å². The van der Waals surface area contributed by atoms with Gasteiger partial charge in [-0.2, -0.15) is 5.26 Å². The zero-order chi connectivity index (χ0) is 12.9. The van der Waals surface area contributed by atoms with Crippen LogP contribution >= 0.6 is 0 Å². The number of allylic oxidation sites excluding steroid dienone is 2. The molecule has 0 saturated heterocycles. The molecule has 4 heteroatoms. The maximum absolute atomic E-state index is 11.5. The smallest absolute Gasteiger partial charge is 0.407 e. The van der Waals surface area contributed by atoms with Crippen LogP contribution in [0.3, 0.4) is 0 Å². The van der Waals surface area contributed by atoms with Crippen molar-refractivity contribution < 1.29 is 9.53 Å². The summed E-state index contributed by atoms with van der Waals surface area (Å²) >= 11 is 0. The van der Waals surface area contributed by atoms with Gasteiger partial charge in [-0.25, -0.2) is 4.79 Å². The molecule has 0 aromatic carbocycles. The molecule has 94 valence electrons. The summed E-state index contributed by atoms with van der Waals surface area (Å²) in [5, 5.41) is 11.3. The van der Waals surface area contributed by atoms with Crippen molar-refractivity contribution in [1.29, 1.82) is 5.26 Å². The van der Waals surface area contributed by atoms with Crippen molar-refractivity contribution in [3.63, 3.8) is 0 Å². The van der Waals surface area contributed by atoms with Crippen molar-refractivity contribution in [2.45, 2.75) is 51.7 Å². The number of amides is 1. The summed E-state index contributed by atoms with van der Waals surface area (Å²) in [6.45, 7) is 5.54. The third kappa shape index (κ3) is 5.39. The van der Waals surface area contributed by atoms with Gasteiger partial charge in [-0.05, 0) is 46.0 Å². The number of hydrogen-bond acceptors (Lipinski definition) is 3. The molecular formula is C13H20N2O2. The largest absolute Gasteiger partial charge is 0.444 e. The Labute approximate surface area is 103 Å². The Hall–Kier alpha value is -1.50. The van der Waals surface area contributed by atoms with Gasteiger partial charge in [0.2, 0.25) is 0 Å². The summed E-state index contributed by atoms with van der Waals surface area (Å²) in [7, 11) is 0. The fraction of sp³-hybridized carbons (Fsp3) is 0.692. The first-order valence-electron chi connectivity index (χ1n) is 5.96. The van der Waals surface area contributed by atoms with Gasteiger partial charge < -0.3 is 10.1 Å². The van der Waals surface area contributed by atoms with E-state index >= 15 is 0 Å². The second kappa shape index (κ2) is 5.72. The van der Waals surface area contributed by atoms with Crippen LogP contribution < -0.4 is 5.32 Å². The van der Waals surface area contributed by atoms with E-state index in [2.05, 4.69) is 5.32 Å². The number of nitriles is 1. The molecule has 0 aliphatic heterocycles. The predicted octanol–water partition coefficient (Wildman–Crippen LogP) is 2.76. The fourth-order valence-electron chi connectivity index (χ4n) is 1.98. The lowest BCUT2D eigenvalue weighted by Crippen LogP contribution is -2.37. The Kier molecular flexibility index (Phi) is 4.56. The zero-order valence-electron chi connectivity index (χ0n) is 10.7. The van der Waals surface area contributed by atoms with E-state index in [1.165, 1.54) is 6.08 Å². The van der Waals surface area contributed by atoms with E-state index in [-0.39, 0.29) is 12.1 Å². The number of rotatable bonds is 2. The van der Waals surface area contributed by atoms with Crippen molar-refractivity contribution in [2.75, 3.05) is 0 Å². The minimum atomic E-state index is -0.456. The second-order valence-electron chi connectivity index (χ2n) is 5.40. The van der Waals surface area contributed by atoms with Gasteiger partial charge in [0.15, 0.2) is 0 Å². The van der Waals surface area contributed by atoms with Crippen LogP contribution in [0.2, 0.25) is 0 Å². The van der Waals surface area contributed by atoms with Gasteiger partial charge in [0.05, 0.1) is 6.07 Å². The lowest BCUT2D eigenvalue weighted by Gasteiger charge is -2.21. The Morgan fingerprint density at radius 3 is 2.76 bits per heavy atom. The van der Waals surface area contributed by atoms with Crippen molar-refractivity contribution in [3.05, 3.63) is 12.2 Å². The summed E-state index contributed by atoms with van der Waals surface area (Å²) in [6, 6.07) is 2.15. The minimum absolute atomic E-state index is 0.165. The molecule has 1 rings (SSSR count). The normalized spacial score (nSPS) is 24.6. The Morgan fingerprint density at radius 2 is 2.18 bits per heavy atom. The van der Waals surface area contributed by atoms with Crippen LogP contribution in [0.4, 0.5) is 4.79 Å². The number of nitrogens with zero attached hydrogens (tertiary/aromatic N) is 1. The molecule has 1 fully saturated rings. The van der Waals surface area contributed by atoms with Crippen molar-refractivity contribution in [3.8, 4) is 6.07 Å². The SMILES string of the molecule is CC(C)(C)OC(=O)NC1CCC(/C=C/C#N)C1. The lowest BCUT2D eigenvalue weighted by molar-refractivity contribution is 0.0505. The average molecular weight is 236 g/mol. The number of hydrogen-bond donors (Lipinski definition) is 1. The molecule has 0 aromatic heterocycles. The Balaban J connectivity index is 2.33. The van der Waals surface area contributed by atoms with Gasteiger partial charge in [0.1, 0.15) is 5.60 Å². The van der Waals surface area contributed by atoms with E-state index < -0.39 is 5.60 Å². The molecule has 1 N–H and O–H groups in total. The summed E-state index contributed by atoms with van der Waals surface area (Å²) in [4.78, 5) is 11.5. The van der Waals surface area contributed by atoms with E-state index in [0.29, 0.717) is 5.92 Å². The second-order valence-corrected chi connectivity index (χ2v) is 5.40. The number of ether oxygens (including phenoxy) is 1. The van der Waals surface area contributed by atoms with Gasteiger partial charge >= 0.3 is 6.09 Å². The lowest BCUT2D eigenvalue weighted by atomic mass is 10.1. The fourth-order valence-corrected chi connectivity index (χ4v) is 1.98. The summed E-state index contributed by atoms with van der Waals surface area (Å²) in [5.74, 6) is 0.398. The molecule has 0 radical (unpaired) electrons. The Bertz CT molecular complexity index is 336. The Morgan fingerprint density at radius 1 is 1.47 bits per heavy atom. The average Bonchev–Trinajstić information content (AvgIpc) is 2.59. The molecular weight excluding hydrogens is 216 g/mol. The van der Waals surface area contributed by atoms with E-state index in [0.717, 1.165) is 19.3 Å². The zero-order valence-corrected chi connectivity index (χ0v) is 10.7. The highest BCUT2D eigenvalue weighted by Gasteiger charge is 2.26. The van der Waals surface area contributed by atoms with Crippen molar-refractivity contribution >= 4 is 6.09 Å². The van der Waals surface area contributed by atoms with Crippen molar-refractivity contribution in [1.82, 2.24) is 5.32 Å². The molecule has 4 nitrogen and oxygen atoms in total. The number of nitrogens with one attached hydrogen (secondary N) is 1. The molecule has 1 aliphatic rings. The van der Waals surface area contributed by atoms with Crippen LogP contribution in [0, 0.1) is 17.2 Å². The third-order valence-corrected chi connectivity index (χ3v) is 2.64. The summed E-state index contributed by atoms with van der Waals surface area (Å²) in [6.07, 6.45) is 5.92. The maximum atomic E-state index is 11.5. The van der Waals surface area contributed by atoms with Crippen LogP contribution in [-0.4, -0.2) is 17.7 Å². The molecule has 0 bridgehead atoms. The molecule has 1 aliphatic carbocycles. The third-order valence-electron chi connectivity index (χ3n) is 2.64. The molecule has 0 aromatic rings. The maximum Gasteiger partial charge on any atom is 0.407 e. The highest BCUT2D eigenvalue weighted by Crippen LogP contribution is 2.26.